The molecule has 0 aliphatic heterocycles. The summed E-state index contributed by atoms with van der Waals surface area (Å²) in [4.78, 5) is 0. The van der Waals surface area contributed by atoms with Gasteiger partial charge in [0.25, 0.3) is 0 Å². The Bertz CT molecular complexity index is 3750. The Hall–Kier alpha value is -8.64. The average molecular weight is 776 g/mol. The van der Waals surface area contributed by atoms with Gasteiger partial charge in [-0.25, -0.2) is 0 Å². The summed E-state index contributed by atoms with van der Waals surface area (Å²) in [6.45, 7) is 0. The Balaban J connectivity index is 1.24. The Kier molecular flexibility index (Phi) is 7.59. The molecule has 61 heavy (non-hydrogen) atoms. The highest BCUT2D eigenvalue weighted by Crippen LogP contribution is 2.45. The number of aromatic nitrogens is 3. The van der Waals surface area contributed by atoms with Gasteiger partial charge in [-0.1, -0.05) is 121 Å². The molecule has 3 aromatic heterocycles. The number of hydrogen-bond donors (Lipinski definition) is 0. The fourth-order valence-electron chi connectivity index (χ4n) is 9.78. The summed E-state index contributed by atoms with van der Waals surface area (Å²) in [5.41, 5.74) is 14.4. The molecular weight excluding hydrogens is 743 g/mol. The van der Waals surface area contributed by atoms with Gasteiger partial charge >= 0.3 is 0 Å². The highest BCUT2D eigenvalue weighted by Gasteiger charge is 2.24. The van der Waals surface area contributed by atoms with Crippen LogP contribution in [-0.2, 0) is 0 Å². The molecule has 0 radical (unpaired) electrons. The van der Waals surface area contributed by atoms with Crippen LogP contribution in [0.25, 0.3) is 105 Å². The summed E-state index contributed by atoms with van der Waals surface area (Å²) in [6, 6.07) is 74.9. The van der Waals surface area contributed by atoms with Crippen LogP contribution in [0.2, 0.25) is 0 Å². The van der Waals surface area contributed by atoms with Crippen molar-refractivity contribution in [1.82, 2.24) is 13.7 Å². The van der Waals surface area contributed by atoms with Gasteiger partial charge < -0.3 is 13.7 Å². The van der Waals surface area contributed by atoms with E-state index in [1.165, 1.54) is 10.8 Å². The molecule has 0 unspecified atom stereocenters. The van der Waals surface area contributed by atoms with E-state index in [4.69, 9.17) is 0 Å². The minimum Gasteiger partial charge on any atom is -0.309 e. The highest BCUT2D eigenvalue weighted by molar-refractivity contribution is 6.26. The van der Waals surface area contributed by atoms with Crippen LogP contribution in [0.1, 0.15) is 11.1 Å². The van der Waals surface area contributed by atoms with Crippen molar-refractivity contribution < 1.29 is 0 Å². The van der Waals surface area contributed by atoms with Crippen LogP contribution in [0.3, 0.4) is 0 Å². The van der Waals surface area contributed by atoms with Crippen LogP contribution in [0.15, 0.2) is 200 Å². The van der Waals surface area contributed by atoms with E-state index in [2.05, 4.69) is 202 Å². The summed E-state index contributed by atoms with van der Waals surface area (Å²) >= 11 is 0. The predicted molar refractivity (Wildman–Crippen MR) is 250 cm³/mol. The lowest BCUT2D eigenvalue weighted by Gasteiger charge is -2.17. The third kappa shape index (κ3) is 5.05. The SMILES string of the molecule is N#Cc1cccc(C#N)c1-c1ccc(-n2c3ccc(-n4c5ccccc5c5ccccc54)cc3c3ccc4c(c5ccccc5n4-c4ccccc4)c32)c(-c2ccccc2)c1. The first-order chi connectivity index (χ1) is 30.2. The first-order valence-corrected chi connectivity index (χ1v) is 20.4. The Morgan fingerprint density at radius 1 is 0.344 bits per heavy atom. The van der Waals surface area contributed by atoms with E-state index in [1.807, 2.05) is 6.07 Å². The largest absolute Gasteiger partial charge is 0.309 e. The fourth-order valence-corrected chi connectivity index (χ4v) is 9.78. The van der Waals surface area contributed by atoms with Gasteiger partial charge in [-0.2, -0.15) is 10.5 Å². The Morgan fingerprint density at radius 2 is 0.902 bits per heavy atom. The average Bonchev–Trinajstić information content (AvgIpc) is 3.97. The number of fused-ring (bicyclic) bond motifs is 10. The van der Waals surface area contributed by atoms with Crippen LogP contribution in [0, 0.1) is 22.7 Å². The molecule has 0 N–H and O–H groups in total. The lowest BCUT2D eigenvalue weighted by Crippen LogP contribution is -2.00. The van der Waals surface area contributed by atoms with E-state index in [0.717, 1.165) is 88.4 Å². The highest BCUT2D eigenvalue weighted by atomic mass is 15.0. The molecule has 0 aliphatic rings. The van der Waals surface area contributed by atoms with Gasteiger partial charge in [-0.15, -0.1) is 0 Å². The number of nitriles is 2. The van der Waals surface area contributed by atoms with Crippen molar-refractivity contribution in [3.63, 3.8) is 0 Å². The summed E-state index contributed by atoms with van der Waals surface area (Å²) in [7, 11) is 0. The molecule has 0 bridgehead atoms. The molecule has 5 nitrogen and oxygen atoms in total. The molecule has 0 aliphatic carbocycles. The van der Waals surface area contributed by atoms with Crippen molar-refractivity contribution in [2.45, 2.75) is 0 Å². The minimum absolute atomic E-state index is 0.468. The second-order valence-electron chi connectivity index (χ2n) is 15.5. The second-order valence-corrected chi connectivity index (χ2v) is 15.5. The molecule has 12 aromatic rings. The quantitative estimate of drug-likeness (QED) is 0.175. The van der Waals surface area contributed by atoms with E-state index in [0.29, 0.717) is 16.7 Å². The number of rotatable bonds is 5. The summed E-state index contributed by atoms with van der Waals surface area (Å²) in [5.74, 6) is 0. The van der Waals surface area contributed by atoms with Crippen LogP contribution in [-0.4, -0.2) is 13.7 Å². The van der Waals surface area contributed by atoms with E-state index in [9.17, 15) is 10.5 Å². The maximum absolute atomic E-state index is 10.2. The third-order valence-electron chi connectivity index (χ3n) is 12.3. The zero-order valence-electron chi connectivity index (χ0n) is 32.8. The van der Waals surface area contributed by atoms with Crippen molar-refractivity contribution in [1.29, 1.82) is 10.5 Å². The van der Waals surface area contributed by atoms with Gasteiger partial charge in [0.05, 0.1) is 62.1 Å². The Morgan fingerprint density at radius 3 is 1.57 bits per heavy atom. The molecule has 9 aromatic carbocycles. The zero-order chi connectivity index (χ0) is 40.6. The van der Waals surface area contributed by atoms with Crippen LogP contribution >= 0.6 is 0 Å². The molecule has 0 atom stereocenters. The second kappa shape index (κ2) is 13.5. The standard InChI is InChI=1S/C56H33N5/c57-34-38-16-13-17-39(35-58)54(38)37-26-29-51(46(32-37)36-14-3-1-4-15-36)61-52-30-27-41(60-48-23-10-7-20-42(48)43-21-8-11-24-49(43)60)33-47(52)44-28-31-53-55(56(44)61)45-22-9-12-25-50(45)59(53)40-18-5-2-6-19-40/h1-33H. The first kappa shape index (κ1) is 34.4. The zero-order valence-corrected chi connectivity index (χ0v) is 32.8. The maximum atomic E-state index is 10.2. The Labute approximate surface area is 351 Å². The van der Waals surface area contributed by atoms with Crippen LogP contribution in [0.5, 0.6) is 0 Å². The molecule has 12 rings (SSSR count). The smallest absolute Gasteiger partial charge is 0.0998 e. The molecule has 0 spiro atoms. The van der Waals surface area contributed by atoms with Gasteiger partial charge in [0.15, 0.2) is 0 Å². The van der Waals surface area contributed by atoms with Crippen molar-refractivity contribution in [2.75, 3.05) is 0 Å². The molecule has 282 valence electrons. The van der Waals surface area contributed by atoms with Crippen molar-refractivity contribution in [3.05, 3.63) is 211 Å². The number of para-hydroxylation sites is 4. The maximum Gasteiger partial charge on any atom is 0.0998 e. The monoisotopic (exact) mass is 775 g/mol. The summed E-state index contributed by atoms with van der Waals surface area (Å²) in [6.07, 6.45) is 0. The van der Waals surface area contributed by atoms with E-state index < -0.39 is 0 Å². The molecule has 0 fully saturated rings. The van der Waals surface area contributed by atoms with E-state index in [-0.39, 0.29) is 0 Å². The van der Waals surface area contributed by atoms with E-state index >= 15 is 0 Å². The van der Waals surface area contributed by atoms with Crippen LogP contribution < -0.4 is 0 Å². The number of hydrogen-bond acceptors (Lipinski definition) is 2. The minimum atomic E-state index is 0.468. The van der Waals surface area contributed by atoms with Crippen LogP contribution in [0.4, 0.5) is 0 Å². The molecule has 0 amide bonds. The number of benzene rings is 9. The molecule has 0 saturated heterocycles. The lowest BCUT2D eigenvalue weighted by molar-refractivity contribution is 1.17. The van der Waals surface area contributed by atoms with Gasteiger partial charge in [0, 0.05) is 54.8 Å². The summed E-state index contributed by atoms with van der Waals surface area (Å²) in [5, 5.41) is 27.5. The van der Waals surface area contributed by atoms with Gasteiger partial charge in [-0.3, -0.25) is 0 Å². The molecular formula is C56H33N5. The van der Waals surface area contributed by atoms with Crippen molar-refractivity contribution in [3.8, 4) is 51.5 Å². The molecule has 5 heteroatoms. The first-order valence-electron chi connectivity index (χ1n) is 20.4. The summed E-state index contributed by atoms with van der Waals surface area (Å²) < 4.78 is 7.20. The number of nitrogens with zero attached hydrogens (tertiary/aromatic N) is 5. The van der Waals surface area contributed by atoms with Gasteiger partial charge in [-0.05, 0) is 90.0 Å². The van der Waals surface area contributed by atoms with Gasteiger partial charge in [0.1, 0.15) is 0 Å². The fraction of sp³-hybridized carbons (Fsp3) is 0. The topological polar surface area (TPSA) is 62.4 Å². The molecule has 0 saturated carbocycles. The predicted octanol–water partition coefficient (Wildman–Crippen LogP) is 14.1. The normalized spacial score (nSPS) is 11.6. The van der Waals surface area contributed by atoms with Crippen molar-refractivity contribution in [2.24, 2.45) is 0 Å². The van der Waals surface area contributed by atoms with Gasteiger partial charge in [0.2, 0.25) is 0 Å². The lowest BCUT2D eigenvalue weighted by atomic mass is 9.92. The third-order valence-corrected chi connectivity index (χ3v) is 12.3. The molecule has 3 heterocycles. The van der Waals surface area contributed by atoms with Crippen molar-refractivity contribution >= 4 is 65.4 Å². The van der Waals surface area contributed by atoms with E-state index in [1.54, 1.807) is 18.2 Å².